The van der Waals surface area contributed by atoms with Gasteiger partial charge in [-0.15, -0.1) is 0 Å². The van der Waals surface area contributed by atoms with Crippen molar-refractivity contribution < 1.29 is 8.42 Å². The molecule has 0 unspecified atom stereocenters. The minimum absolute atomic E-state index is 0.201. The quantitative estimate of drug-likeness (QED) is 0.697. The lowest BCUT2D eigenvalue weighted by molar-refractivity contribution is 0.584. The van der Waals surface area contributed by atoms with Crippen LogP contribution in [0.4, 0.5) is 0 Å². The maximum Gasteiger partial charge on any atom is 0.276 e. The number of hydrazone groups is 1. The van der Waals surface area contributed by atoms with E-state index in [1.807, 2.05) is 39.0 Å². The first-order valence-corrected chi connectivity index (χ1v) is 8.06. The van der Waals surface area contributed by atoms with E-state index in [2.05, 4.69) is 9.93 Å². The third kappa shape index (κ3) is 3.70. The maximum atomic E-state index is 12.1. The Morgan fingerprint density at radius 2 is 1.52 bits per heavy atom. The molecule has 0 aliphatic rings. The highest BCUT2D eigenvalue weighted by Gasteiger charge is 2.11. The summed E-state index contributed by atoms with van der Waals surface area (Å²) < 4.78 is 24.2. The molecule has 0 radical (unpaired) electrons. The lowest BCUT2D eigenvalue weighted by atomic mass is 10.0. The molecule has 21 heavy (non-hydrogen) atoms. The Morgan fingerprint density at radius 1 is 0.952 bits per heavy atom. The second kappa shape index (κ2) is 6.10. The molecule has 0 heterocycles. The van der Waals surface area contributed by atoms with Gasteiger partial charge in [-0.05, 0) is 44.0 Å². The summed E-state index contributed by atoms with van der Waals surface area (Å²) in [6.45, 7) is 5.83. The summed E-state index contributed by atoms with van der Waals surface area (Å²) in [5, 5.41) is 3.87. The van der Waals surface area contributed by atoms with Crippen molar-refractivity contribution in [2.75, 3.05) is 0 Å². The van der Waals surface area contributed by atoms with E-state index in [4.69, 9.17) is 0 Å². The first kappa shape index (κ1) is 15.3. The van der Waals surface area contributed by atoms with Crippen LogP contribution in [0.15, 0.2) is 52.5 Å². The van der Waals surface area contributed by atoms with Crippen molar-refractivity contribution in [1.82, 2.24) is 4.83 Å². The molecule has 0 bridgehead atoms. The lowest BCUT2D eigenvalue weighted by Crippen LogP contribution is -2.18. The van der Waals surface area contributed by atoms with Crippen molar-refractivity contribution in [3.05, 3.63) is 64.7 Å². The van der Waals surface area contributed by atoms with Crippen LogP contribution in [0.3, 0.4) is 0 Å². The Labute approximate surface area is 125 Å². The van der Waals surface area contributed by atoms with Crippen molar-refractivity contribution in [3.63, 3.8) is 0 Å². The predicted octanol–water partition coefficient (Wildman–Crippen LogP) is 2.92. The monoisotopic (exact) mass is 302 g/mol. The Bertz CT molecular complexity index is 743. The SMILES string of the molecule is Cc1ccc(S(=O)(=O)N/N=C/c2c(C)cccc2C)cc1. The van der Waals surface area contributed by atoms with Crippen LogP contribution < -0.4 is 4.83 Å². The zero-order chi connectivity index (χ0) is 15.5. The minimum Gasteiger partial charge on any atom is -0.200 e. The van der Waals surface area contributed by atoms with Crippen molar-refractivity contribution in [2.45, 2.75) is 25.7 Å². The van der Waals surface area contributed by atoms with E-state index in [1.54, 1.807) is 24.3 Å². The highest BCUT2D eigenvalue weighted by molar-refractivity contribution is 7.89. The maximum absolute atomic E-state index is 12.1. The molecule has 0 saturated heterocycles. The van der Waals surface area contributed by atoms with Gasteiger partial charge in [0.2, 0.25) is 0 Å². The third-order valence-corrected chi connectivity index (χ3v) is 4.48. The fraction of sp³-hybridized carbons (Fsp3) is 0.188. The Morgan fingerprint density at radius 3 is 2.10 bits per heavy atom. The highest BCUT2D eigenvalue weighted by atomic mass is 32.2. The van der Waals surface area contributed by atoms with Crippen molar-refractivity contribution >= 4 is 16.2 Å². The van der Waals surface area contributed by atoms with Gasteiger partial charge in [-0.1, -0.05) is 35.9 Å². The first-order chi connectivity index (χ1) is 9.90. The second-order valence-electron chi connectivity index (χ2n) is 4.97. The largest absolute Gasteiger partial charge is 0.276 e. The van der Waals surface area contributed by atoms with Crippen LogP contribution in [-0.2, 0) is 10.0 Å². The summed E-state index contributed by atoms with van der Waals surface area (Å²) in [5.74, 6) is 0. The zero-order valence-corrected chi connectivity index (χ0v) is 13.1. The summed E-state index contributed by atoms with van der Waals surface area (Å²) in [4.78, 5) is 2.44. The number of benzene rings is 2. The van der Waals surface area contributed by atoms with Gasteiger partial charge in [0.15, 0.2) is 0 Å². The Hall–Kier alpha value is -2.14. The van der Waals surface area contributed by atoms with Gasteiger partial charge in [-0.3, -0.25) is 0 Å². The molecule has 4 nitrogen and oxygen atoms in total. The topological polar surface area (TPSA) is 58.5 Å². The van der Waals surface area contributed by atoms with E-state index in [1.165, 1.54) is 6.21 Å². The van der Waals surface area contributed by atoms with Crippen LogP contribution in [0.1, 0.15) is 22.3 Å². The van der Waals surface area contributed by atoms with Crippen molar-refractivity contribution in [3.8, 4) is 0 Å². The van der Waals surface area contributed by atoms with Crippen LogP contribution >= 0.6 is 0 Å². The average Bonchev–Trinajstić information content (AvgIpc) is 2.42. The molecule has 1 N–H and O–H groups in total. The number of nitrogens with one attached hydrogen (secondary N) is 1. The Balaban J connectivity index is 2.19. The highest BCUT2D eigenvalue weighted by Crippen LogP contribution is 2.12. The molecule has 0 amide bonds. The minimum atomic E-state index is -3.62. The number of aryl methyl sites for hydroxylation is 3. The average molecular weight is 302 g/mol. The molecule has 5 heteroatoms. The number of nitrogens with zero attached hydrogens (tertiary/aromatic N) is 1. The van der Waals surface area contributed by atoms with E-state index in [0.717, 1.165) is 22.3 Å². The van der Waals surface area contributed by atoms with Gasteiger partial charge < -0.3 is 0 Å². The molecule has 0 spiro atoms. The van der Waals surface area contributed by atoms with E-state index < -0.39 is 10.0 Å². The number of hydrogen-bond donors (Lipinski definition) is 1. The normalized spacial score (nSPS) is 11.8. The van der Waals surface area contributed by atoms with E-state index in [-0.39, 0.29) is 4.90 Å². The Kier molecular flexibility index (Phi) is 4.43. The predicted molar refractivity (Wildman–Crippen MR) is 85.0 cm³/mol. The summed E-state index contributed by atoms with van der Waals surface area (Å²) in [6, 6.07) is 12.5. The summed E-state index contributed by atoms with van der Waals surface area (Å²) in [7, 11) is -3.62. The molecule has 0 aliphatic carbocycles. The smallest absolute Gasteiger partial charge is 0.200 e. The lowest BCUT2D eigenvalue weighted by Gasteiger charge is -2.05. The fourth-order valence-electron chi connectivity index (χ4n) is 1.96. The summed E-state index contributed by atoms with van der Waals surface area (Å²) in [6.07, 6.45) is 1.54. The molecule has 2 aromatic rings. The second-order valence-corrected chi connectivity index (χ2v) is 6.63. The zero-order valence-electron chi connectivity index (χ0n) is 12.3. The van der Waals surface area contributed by atoms with Gasteiger partial charge in [-0.2, -0.15) is 13.5 Å². The van der Waals surface area contributed by atoms with E-state index in [9.17, 15) is 8.42 Å². The first-order valence-electron chi connectivity index (χ1n) is 6.58. The van der Waals surface area contributed by atoms with Gasteiger partial charge >= 0.3 is 0 Å². The summed E-state index contributed by atoms with van der Waals surface area (Å²) in [5.41, 5.74) is 4.03. The van der Waals surface area contributed by atoms with Gasteiger partial charge in [0.1, 0.15) is 0 Å². The number of rotatable bonds is 4. The molecule has 0 atom stereocenters. The fourth-order valence-corrected chi connectivity index (χ4v) is 2.75. The molecule has 2 rings (SSSR count). The molecule has 2 aromatic carbocycles. The van der Waals surface area contributed by atoms with Crippen LogP contribution in [-0.4, -0.2) is 14.6 Å². The molecular formula is C16H18N2O2S. The van der Waals surface area contributed by atoms with Gasteiger partial charge in [0, 0.05) is 5.56 Å². The van der Waals surface area contributed by atoms with Crippen molar-refractivity contribution in [1.29, 1.82) is 0 Å². The van der Waals surface area contributed by atoms with E-state index >= 15 is 0 Å². The van der Waals surface area contributed by atoms with Crippen LogP contribution in [0.5, 0.6) is 0 Å². The number of sulfonamides is 1. The third-order valence-electron chi connectivity index (χ3n) is 3.24. The molecule has 0 saturated carbocycles. The molecule has 0 aliphatic heterocycles. The van der Waals surface area contributed by atoms with Gasteiger partial charge in [0.05, 0.1) is 11.1 Å². The van der Waals surface area contributed by atoms with Crippen molar-refractivity contribution in [2.24, 2.45) is 5.10 Å². The van der Waals surface area contributed by atoms with Gasteiger partial charge in [-0.25, -0.2) is 4.83 Å². The molecule has 0 fully saturated rings. The standard InChI is InChI=1S/C16H18N2O2S/c1-12-7-9-15(10-8-12)21(19,20)18-17-11-16-13(2)5-4-6-14(16)3/h4-11,18H,1-3H3/b17-11+. The molecule has 110 valence electrons. The van der Waals surface area contributed by atoms with Crippen LogP contribution in [0.2, 0.25) is 0 Å². The van der Waals surface area contributed by atoms with Crippen LogP contribution in [0.25, 0.3) is 0 Å². The summed E-state index contributed by atoms with van der Waals surface area (Å²) >= 11 is 0. The molecular weight excluding hydrogens is 284 g/mol. The van der Waals surface area contributed by atoms with Gasteiger partial charge in [0.25, 0.3) is 10.0 Å². The molecule has 0 aromatic heterocycles. The van der Waals surface area contributed by atoms with Crippen LogP contribution in [0, 0.1) is 20.8 Å². The number of hydrogen-bond acceptors (Lipinski definition) is 3. The van der Waals surface area contributed by atoms with E-state index in [0.29, 0.717) is 0 Å².